The van der Waals surface area contributed by atoms with Crippen LogP contribution in [0.25, 0.3) is 0 Å². The average Bonchev–Trinajstić information content (AvgIpc) is 2.61. The van der Waals surface area contributed by atoms with Crippen LogP contribution < -0.4 is 9.44 Å². The molecular formula is C20H35ClN2O2S. The zero-order chi connectivity index (χ0) is 19.1. The smallest absolute Gasteiger partial charge is 0.270 e. The molecule has 1 rings (SSSR count). The molecule has 0 aromatic heterocycles. The van der Waals surface area contributed by atoms with Gasteiger partial charge in [-0.3, -0.25) is 4.72 Å². The highest BCUT2D eigenvalue weighted by atomic mass is 35.5. The van der Waals surface area contributed by atoms with E-state index in [9.17, 15) is 8.42 Å². The van der Waals surface area contributed by atoms with E-state index in [1.165, 1.54) is 64.2 Å². The highest BCUT2D eigenvalue weighted by molar-refractivity contribution is 7.90. The Hall–Kier alpha value is -0.780. The monoisotopic (exact) mass is 402 g/mol. The molecule has 0 fully saturated rings. The molecular weight excluding hydrogens is 368 g/mol. The first-order valence-electron chi connectivity index (χ1n) is 10.1. The molecule has 0 aliphatic heterocycles. The highest BCUT2D eigenvalue weighted by Crippen LogP contribution is 2.21. The number of rotatable bonds is 16. The van der Waals surface area contributed by atoms with Crippen LogP contribution in [0.15, 0.2) is 24.3 Å². The third-order valence-electron chi connectivity index (χ3n) is 4.44. The largest absolute Gasteiger partial charge is 0.299 e. The summed E-state index contributed by atoms with van der Waals surface area (Å²) in [6.07, 6.45) is 15.2. The SMILES string of the molecule is CCCCCCCCCCCCCCNS(=O)(=O)Nc1ccccc1Cl. The van der Waals surface area contributed by atoms with Gasteiger partial charge in [-0.25, -0.2) is 0 Å². The van der Waals surface area contributed by atoms with E-state index >= 15 is 0 Å². The van der Waals surface area contributed by atoms with Gasteiger partial charge >= 0.3 is 0 Å². The van der Waals surface area contributed by atoms with Gasteiger partial charge in [0.25, 0.3) is 10.2 Å². The standard InChI is InChI=1S/C20H35ClN2O2S/c1-2-3-4-5-6-7-8-9-10-11-12-15-18-22-26(24,25)23-20-17-14-13-16-19(20)21/h13-14,16-17,22-23H,2-12,15,18H2,1H3. The second kappa shape index (κ2) is 14.3. The van der Waals surface area contributed by atoms with Crippen LogP contribution >= 0.6 is 11.6 Å². The molecule has 6 heteroatoms. The van der Waals surface area contributed by atoms with E-state index in [0.717, 1.165) is 12.8 Å². The van der Waals surface area contributed by atoms with Crippen molar-refractivity contribution in [3.8, 4) is 0 Å². The molecule has 0 radical (unpaired) electrons. The van der Waals surface area contributed by atoms with Gasteiger partial charge in [-0.05, 0) is 18.6 Å². The van der Waals surface area contributed by atoms with E-state index in [1.807, 2.05) is 0 Å². The summed E-state index contributed by atoms with van der Waals surface area (Å²) in [5.74, 6) is 0. The van der Waals surface area contributed by atoms with Gasteiger partial charge in [-0.2, -0.15) is 13.1 Å². The molecule has 0 aliphatic carbocycles. The molecule has 0 saturated heterocycles. The van der Waals surface area contributed by atoms with Crippen molar-refractivity contribution < 1.29 is 8.42 Å². The second-order valence-electron chi connectivity index (χ2n) is 6.87. The van der Waals surface area contributed by atoms with Crippen molar-refractivity contribution in [2.24, 2.45) is 0 Å². The van der Waals surface area contributed by atoms with Crippen LogP contribution in [0.5, 0.6) is 0 Å². The van der Waals surface area contributed by atoms with Crippen molar-refractivity contribution in [3.05, 3.63) is 29.3 Å². The summed E-state index contributed by atoms with van der Waals surface area (Å²) >= 11 is 5.96. The molecule has 2 N–H and O–H groups in total. The lowest BCUT2D eigenvalue weighted by Gasteiger charge is -2.10. The molecule has 0 spiro atoms. The Kier molecular flexibility index (Phi) is 12.8. The molecule has 26 heavy (non-hydrogen) atoms. The third kappa shape index (κ3) is 11.8. The quantitative estimate of drug-likeness (QED) is 0.319. The number of unbranched alkanes of at least 4 members (excludes halogenated alkanes) is 11. The molecule has 0 unspecified atom stereocenters. The fourth-order valence-corrected chi connectivity index (χ4v) is 4.09. The van der Waals surface area contributed by atoms with E-state index in [-0.39, 0.29) is 0 Å². The fraction of sp³-hybridized carbons (Fsp3) is 0.700. The summed E-state index contributed by atoms with van der Waals surface area (Å²) in [7, 11) is -3.56. The molecule has 150 valence electrons. The van der Waals surface area contributed by atoms with E-state index in [1.54, 1.807) is 24.3 Å². The zero-order valence-electron chi connectivity index (χ0n) is 16.1. The maximum Gasteiger partial charge on any atom is 0.299 e. The van der Waals surface area contributed by atoms with Gasteiger partial charge in [0.1, 0.15) is 0 Å². The molecule has 4 nitrogen and oxygen atoms in total. The summed E-state index contributed by atoms with van der Waals surface area (Å²) in [6.45, 7) is 2.71. The maximum atomic E-state index is 12.0. The van der Waals surface area contributed by atoms with E-state index in [0.29, 0.717) is 17.3 Å². The van der Waals surface area contributed by atoms with Crippen molar-refractivity contribution in [1.29, 1.82) is 0 Å². The van der Waals surface area contributed by atoms with E-state index < -0.39 is 10.2 Å². The molecule has 0 aliphatic rings. The van der Waals surface area contributed by atoms with Gasteiger partial charge in [0, 0.05) is 6.54 Å². The molecule has 0 heterocycles. The molecule has 0 atom stereocenters. The first-order chi connectivity index (χ1) is 12.5. The van der Waals surface area contributed by atoms with Crippen molar-refractivity contribution in [1.82, 2.24) is 4.72 Å². The molecule has 1 aromatic rings. The van der Waals surface area contributed by atoms with Gasteiger partial charge in [0.2, 0.25) is 0 Å². The first-order valence-corrected chi connectivity index (χ1v) is 11.9. The molecule has 0 amide bonds. The van der Waals surface area contributed by atoms with Crippen LogP contribution in [0.2, 0.25) is 5.02 Å². The Morgan fingerprint density at radius 1 is 0.808 bits per heavy atom. The Bertz CT molecular complexity index is 579. The summed E-state index contributed by atoms with van der Waals surface area (Å²) in [5.41, 5.74) is 0.399. The van der Waals surface area contributed by atoms with Gasteiger partial charge in [0.15, 0.2) is 0 Å². The lowest BCUT2D eigenvalue weighted by atomic mass is 10.1. The van der Waals surface area contributed by atoms with Crippen molar-refractivity contribution in [2.75, 3.05) is 11.3 Å². The first kappa shape index (κ1) is 23.3. The van der Waals surface area contributed by atoms with Gasteiger partial charge < -0.3 is 0 Å². The lowest BCUT2D eigenvalue weighted by Crippen LogP contribution is -2.31. The van der Waals surface area contributed by atoms with Gasteiger partial charge in [0.05, 0.1) is 10.7 Å². The van der Waals surface area contributed by atoms with Crippen molar-refractivity contribution >= 4 is 27.5 Å². The van der Waals surface area contributed by atoms with E-state index in [2.05, 4.69) is 16.4 Å². The van der Waals surface area contributed by atoms with Crippen LogP contribution in [0.1, 0.15) is 84.0 Å². The second-order valence-corrected chi connectivity index (χ2v) is 8.78. The Morgan fingerprint density at radius 2 is 1.31 bits per heavy atom. The predicted octanol–water partition coefficient (Wildman–Crippen LogP) is 6.29. The molecule has 1 aromatic carbocycles. The molecule has 0 saturated carbocycles. The summed E-state index contributed by atoms with van der Waals surface area (Å²) in [4.78, 5) is 0. The number of halogens is 1. The van der Waals surface area contributed by atoms with Crippen LogP contribution in [0.4, 0.5) is 5.69 Å². The Labute approximate surface area is 165 Å². The van der Waals surface area contributed by atoms with Crippen LogP contribution in [0.3, 0.4) is 0 Å². The number of hydrogen-bond acceptors (Lipinski definition) is 2. The number of nitrogens with one attached hydrogen (secondary N) is 2. The van der Waals surface area contributed by atoms with Crippen molar-refractivity contribution in [3.63, 3.8) is 0 Å². The Morgan fingerprint density at radius 3 is 1.85 bits per heavy atom. The topological polar surface area (TPSA) is 58.2 Å². The highest BCUT2D eigenvalue weighted by Gasteiger charge is 2.10. The number of hydrogen-bond donors (Lipinski definition) is 2. The van der Waals surface area contributed by atoms with Gasteiger partial charge in [-0.1, -0.05) is 101 Å². The maximum absolute atomic E-state index is 12.0. The van der Waals surface area contributed by atoms with Crippen LogP contribution in [-0.4, -0.2) is 15.0 Å². The number of para-hydroxylation sites is 1. The summed E-state index contributed by atoms with van der Waals surface area (Å²) in [5, 5.41) is 0.392. The van der Waals surface area contributed by atoms with E-state index in [4.69, 9.17) is 11.6 Å². The van der Waals surface area contributed by atoms with Crippen LogP contribution in [-0.2, 0) is 10.2 Å². The number of anilines is 1. The lowest BCUT2D eigenvalue weighted by molar-refractivity contribution is 0.540. The van der Waals surface area contributed by atoms with Gasteiger partial charge in [-0.15, -0.1) is 0 Å². The summed E-state index contributed by atoms with van der Waals surface area (Å²) < 4.78 is 29.0. The zero-order valence-corrected chi connectivity index (χ0v) is 17.7. The average molecular weight is 403 g/mol. The normalized spacial score (nSPS) is 11.6. The van der Waals surface area contributed by atoms with Crippen LogP contribution in [0, 0.1) is 0 Å². The minimum absolute atomic E-state index is 0.392. The Balaban J connectivity index is 1.97. The third-order valence-corrected chi connectivity index (χ3v) is 5.84. The minimum atomic E-state index is -3.56. The number of benzene rings is 1. The fourth-order valence-electron chi connectivity index (χ4n) is 2.90. The minimum Gasteiger partial charge on any atom is -0.270 e. The predicted molar refractivity (Wildman–Crippen MR) is 113 cm³/mol. The molecule has 0 bridgehead atoms. The summed E-state index contributed by atoms with van der Waals surface area (Å²) in [6, 6.07) is 6.81. The van der Waals surface area contributed by atoms with Crippen molar-refractivity contribution in [2.45, 2.75) is 84.0 Å².